The molecule has 8 nitrogen and oxygen atoms in total. The Morgan fingerprint density at radius 2 is 2.43 bits per heavy atom. The highest BCUT2D eigenvalue weighted by molar-refractivity contribution is 5.83. The van der Waals surface area contributed by atoms with Crippen molar-refractivity contribution in [2.45, 2.75) is 44.4 Å². The van der Waals surface area contributed by atoms with Crippen LogP contribution in [-0.4, -0.2) is 51.4 Å². The number of carbonyl (C=O) groups is 2. The molecule has 1 aliphatic rings. The molecule has 0 aliphatic carbocycles. The van der Waals surface area contributed by atoms with Crippen LogP contribution in [0.25, 0.3) is 0 Å². The molecule has 3 atom stereocenters. The van der Waals surface area contributed by atoms with Crippen molar-refractivity contribution >= 4 is 12.0 Å². The Morgan fingerprint density at radius 3 is 2.95 bits per heavy atom. The van der Waals surface area contributed by atoms with E-state index in [0.717, 1.165) is 0 Å². The van der Waals surface area contributed by atoms with E-state index in [1.807, 2.05) is 13.8 Å². The van der Waals surface area contributed by atoms with E-state index in [4.69, 9.17) is 4.74 Å². The van der Waals surface area contributed by atoms with E-state index >= 15 is 0 Å². The molecular formula is C13H20N4O4. The fraction of sp³-hybridized carbons (Fsp3) is 0.615. The second-order valence-electron chi connectivity index (χ2n) is 5.45. The standard InChI is InChI=1S/C13H20N4O4/c1-8-13(2,3-4-21-8)17-12(20)16-10(11(18)19)5-9-6-14-7-15-9/h6-8,10H,3-5H2,1-2H3,(H,14,15)(H,18,19)(H2,16,17,20)/t8?,10-,13?/m0/s1. The van der Waals surface area contributed by atoms with Crippen LogP contribution in [-0.2, 0) is 16.0 Å². The molecule has 2 rings (SSSR count). The number of aromatic amines is 1. The summed E-state index contributed by atoms with van der Waals surface area (Å²) >= 11 is 0. The predicted molar refractivity (Wildman–Crippen MR) is 73.8 cm³/mol. The number of ether oxygens (including phenoxy) is 1. The molecular weight excluding hydrogens is 276 g/mol. The monoisotopic (exact) mass is 296 g/mol. The number of carbonyl (C=O) groups excluding carboxylic acids is 1. The first kappa shape index (κ1) is 15.3. The molecule has 2 heterocycles. The summed E-state index contributed by atoms with van der Waals surface area (Å²) in [6.07, 6.45) is 3.72. The van der Waals surface area contributed by atoms with Gasteiger partial charge in [0.2, 0.25) is 0 Å². The summed E-state index contributed by atoms with van der Waals surface area (Å²) < 4.78 is 5.43. The number of hydrogen-bond acceptors (Lipinski definition) is 4. The first-order valence-corrected chi connectivity index (χ1v) is 6.81. The molecule has 4 N–H and O–H groups in total. The molecule has 1 aromatic rings. The molecule has 21 heavy (non-hydrogen) atoms. The number of H-pyrrole nitrogens is 1. The molecule has 1 aliphatic heterocycles. The second-order valence-corrected chi connectivity index (χ2v) is 5.45. The van der Waals surface area contributed by atoms with Gasteiger partial charge in [0.15, 0.2) is 0 Å². The van der Waals surface area contributed by atoms with Crippen LogP contribution in [0.5, 0.6) is 0 Å². The molecule has 116 valence electrons. The molecule has 2 unspecified atom stereocenters. The van der Waals surface area contributed by atoms with Gasteiger partial charge >= 0.3 is 12.0 Å². The molecule has 1 fully saturated rings. The Kier molecular flexibility index (Phi) is 4.46. The number of amides is 2. The lowest BCUT2D eigenvalue weighted by molar-refractivity contribution is -0.139. The van der Waals surface area contributed by atoms with Crippen molar-refractivity contribution in [1.82, 2.24) is 20.6 Å². The maximum Gasteiger partial charge on any atom is 0.326 e. The van der Waals surface area contributed by atoms with Crippen LogP contribution >= 0.6 is 0 Å². The summed E-state index contributed by atoms with van der Waals surface area (Å²) in [5.74, 6) is -1.10. The van der Waals surface area contributed by atoms with E-state index in [2.05, 4.69) is 20.6 Å². The molecule has 0 radical (unpaired) electrons. The Balaban J connectivity index is 1.94. The topological polar surface area (TPSA) is 116 Å². The van der Waals surface area contributed by atoms with Crippen LogP contribution in [0.4, 0.5) is 4.79 Å². The van der Waals surface area contributed by atoms with Crippen LogP contribution in [0.1, 0.15) is 26.0 Å². The van der Waals surface area contributed by atoms with Gasteiger partial charge in [-0.3, -0.25) is 0 Å². The van der Waals surface area contributed by atoms with Crippen molar-refractivity contribution in [3.05, 3.63) is 18.2 Å². The summed E-state index contributed by atoms with van der Waals surface area (Å²) in [7, 11) is 0. The van der Waals surface area contributed by atoms with E-state index in [0.29, 0.717) is 18.7 Å². The number of hydrogen-bond donors (Lipinski definition) is 4. The molecule has 0 bridgehead atoms. The van der Waals surface area contributed by atoms with Crippen molar-refractivity contribution in [3.8, 4) is 0 Å². The van der Waals surface area contributed by atoms with Gasteiger partial charge < -0.3 is 25.5 Å². The van der Waals surface area contributed by atoms with Gasteiger partial charge in [-0.25, -0.2) is 14.6 Å². The van der Waals surface area contributed by atoms with Gasteiger partial charge in [0, 0.05) is 24.9 Å². The minimum absolute atomic E-state index is 0.112. The summed E-state index contributed by atoms with van der Waals surface area (Å²) in [6.45, 7) is 4.34. The maximum atomic E-state index is 12.0. The third-order valence-electron chi connectivity index (χ3n) is 3.87. The maximum absolute atomic E-state index is 12.0. The first-order valence-electron chi connectivity index (χ1n) is 6.81. The Labute approximate surface area is 122 Å². The lowest BCUT2D eigenvalue weighted by atomic mass is 9.95. The molecule has 0 saturated carbocycles. The second kappa shape index (κ2) is 6.13. The largest absolute Gasteiger partial charge is 0.480 e. The highest BCUT2D eigenvalue weighted by Crippen LogP contribution is 2.24. The number of carboxylic acids is 1. The minimum Gasteiger partial charge on any atom is -0.480 e. The molecule has 8 heteroatoms. The van der Waals surface area contributed by atoms with Crippen LogP contribution in [0.2, 0.25) is 0 Å². The molecule has 0 spiro atoms. The van der Waals surface area contributed by atoms with Crippen LogP contribution in [0.15, 0.2) is 12.5 Å². The van der Waals surface area contributed by atoms with Gasteiger partial charge in [-0.2, -0.15) is 0 Å². The first-order chi connectivity index (χ1) is 9.90. The molecule has 1 aromatic heterocycles. The fourth-order valence-corrected chi connectivity index (χ4v) is 2.27. The van der Waals surface area contributed by atoms with Crippen LogP contribution < -0.4 is 10.6 Å². The van der Waals surface area contributed by atoms with Gasteiger partial charge in [-0.15, -0.1) is 0 Å². The Morgan fingerprint density at radius 1 is 1.67 bits per heavy atom. The zero-order chi connectivity index (χ0) is 15.5. The average Bonchev–Trinajstić information content (AvgIpc) is 3.00. The zero-order valence-electron chi connectivity index (χ0n) is 12.0. The van der Waals surface area contributed by atoms with Gasteiger partial charge in [0.1, 0.15) is 6.04 Å². The number of nitrogens with zero attached hydrogens (tertiary/aromatic N) is 1. The fourth-order valence-electron chi connectivity index (χ4n) is 2.27. The lowest BCUT2D eigenvalue weighted by Crippen LogP contribution is -2.57. The van der Waals surface area contributed by atoms with Crippen molar-refractivity contribution in [1.29, 1.82) is 0 Å². The van der Waals surface area contributed by atoms with Crippen LogP contribution in [0.3, 0.4) is 0 Å². The number of urea groups is 1. The summed E-state index contributed by atoms with van der Waals surface area (Å²) in [4.78, 5) is 29.9. The van der Waals surface area contributed by atoms with E-state index in [1.165, 1.54) is 12.5 Å². The Bertz CT molecular complexity index is 504. The molecule has 0 aromatic carbocycles. The van der Waals surface area contributed by atoms with E-state index in [-0.39, 0.29) is 12.5 Å². The van der Waals surface area contributed by atoms with Gasteiger partial charge in [-0.1, -0.05) is 0 Å². The number of nitrogens with one attached hydrogen (secondary N) is 3. The average molecular weight is 296 g/mol. The number of aromatic nitrogens is 2. The van der Waals surface area contributed by atoms with Gasteiger partial charge in [0.25, 0.3) is 0 Å². The lowest BCUT2D eigenvalue weighted by Gasteiger charge is -2.29. The number of carboxylic acid groups (broad SMARTS) is 1. The smallest absolute Gasteiger partial charge is 0.326 e. The summed E-state index contributed by atoms with van der Waals surface area (Å²) in [5.41, 5.74) is 0.160. The van der Waals surface area contributed by atoms with Crippen molar-refractivity contribution in [2.24, 2.45) is 0 Å². The zero-order valence-corrected chi connectivity index (χ0v) is 12.0. The number of rotatable bonds is 5. The summed E-state index contributed by atoms with van der Waals surface area (Å²) in [6, 6.07) is -1.53. The SMILES string of the molecule is CC1OCCC1(C)NC(=O)N[C@@H](Cc1cnc[nH]1)C(=O)O. The van der Waals surface area contributed by atoms with E-state index < -0.39 is 23.6 Å². The minimum atomic E-state index is -1.10. The highest BCUT2D eigenvalue weighted by Gasteiger charge is 2.38. The highest BCUT2D eigenvalue weighted by atomic mass is 16.5. The van der Waals surface area contributed by atoms with E-state index in [1.54, 1.807) is 0 Å². The van der Waals surface area contributed by atoms with Crippen molar-refractivity contribution in [2.75, 3.05) is 6.61 Å². The number of imidazole rings is 1. The van der Waals surface area contributed by atoms with Crippen LogP contribution in [0, 0.1) is 0 Å². The normalized spacial score (nSPS) is 26.3. The van der Waals surface area contributed by atoms with Gasteiger partial charge in [-0.05, 0) is 20.3 Å². The van der Waals surface area contributed by atoms with E-state index in [9.17, 15) is 14.7 Å². The quantitative estimate of drug-likeness (QED) is 0.622. The number of aliphatic carboxylic acids is 1. The third kappa shape index (κ3) is 3.72. The Hall–Kier alpha value is -2.09. The molecule has 1 saturated heterocycles. The third-order valence-corrected chi connectivity index (χ3v) is 3.87. The summed E-state index contributed by atoms with van der Waals surface area (Å²) in [5, 5.41) is 14.5. The van der Waals surface area contributed by atoms with Crippen molar-refractivity contribution < 1.29 is 19.4 Å². The predicted octanol–water partition coefficient (Wildman–Crippen LogP) is 0.272. The van der Waals surface area contributed by atoms with Gasteiger partial charge in [0.05, 0.1) is 18.0 Å². The molecule has 2 amide bonds. The van der Waals surface area contributed by atoms with Crippen molar-refractivity contribution in [3.63, 3.8) is 0 Å².